The van der Waals surface area contributed by atoms with Gasteiger partial charge in [0.05, 0.1) is 6.54 Å². The Bertz CT molecular complexity index is 336. The average molecular weight is 225 g/mol. The molecule has 0 fully saturated rings. The van der Waals surface area contributed by atoms with Crippen molar-refractivity contribution >= 4 is 5.91 Å². The summed E-state index contributed by atoms with van der Waals surface area (Å²) in [5.41, 5.74) is 0. The molecular formula is C10H19N5O. The van der Waals surface area contributed by atoms with Crippen molar-refractivity contribution in [3.63, 3.8) is 0 Å². The third-order valence-corrected chi connectivity index (χ3v) is 2.13. The molecule has 0 radical (unpaired) electrons. The van der Waals surface area contributed by atoms with Crippen LogP contribution in [0.2, 0.25) is 0 Å². The Morgan fingerprint density at radius 2 is 2.38 bits per heavy atom. The predicted octanol–water partition coefficient (Wildman–Crippen LogP) is -0.181. The fraction of sp³-hybridized carbons (Fsp3) is 0.700. The lowest BCUT2D eigenvalue weighted by molar-refractivity contribution is -0.121. The fourth-order valence-corrected chi connectivity index (χ4v) is 1.41. The van der Waals surface area contributed by atoms with Crippen LogP contribution in [-0.2, 0) is 18.4 Å². The average Bonchev–Trinajstić information content (AvgIpc) is 2.61. The Kier molecular flexibility index (Phi) is 4.91. The van der Waals surface area contributed by atoms with E-state index >= 15 is 0 Å². The highest BCUT2D eigenvalue weighted by Crippen LogP contribution is 1.92. The maximum Gasteiger partial charge on any atom is 0.221 e. The molecule has 0 aliphatic rings. The van der Waals surface area contributed by atoms with E-state index in [2.05, 4.69) is 20.7 Å². The minimum atomic E-state index is 0.0147. The molecule has 0 aliphatic carbocycles. The van der Waals surface area contributed by atoms with Gasteiger partial charge in [0.2, 0.25) is 5.91 Å². The summed E-state index contributed by atoms with van der Waals surface area (Å²) in [7, 11) is 1.80. The molecule has 1 rings (SSSR count). The van der Waals surface area contributed by atoms with Gasteiger partial charge < -0.3 is 10.6 Å². The first-order valence-corrected chi connectivity index (χ1v) is 5.46. The molecule has 1 aromatic heterocycles. The van der Waals surface area contributed by atoms with E-state index in [-0.39, 0.29) is 11.9 Å². The molecule has 0 aliphatic heterocycles. The molecule has 0 spiro atoms. The quantitative estimate of drug-likeness (QED) is 0.704. The van der Waals surface area contributed by atoms with E-state index in [1.54, 1.807) is 18.1 Å². The maximum absolute atomic E-state index is 11.5. The van der Waals surface area contributed by atoms with Crippen molar-refractivity contribution in [1.29, 1.82) is 0 Å². The molecule has 1 heterocycles. The standard InChI is InChI=1S/C10H19N5O/c1-4-11-8(2)5-10(16)12-6-9-13-7-15(3)14-9/h7-8,11H,4-6H2,1-3H3,(H,12,16). The Balaban J connectivity index is 2.25. The topological polar surface area (TPSA) is 71.8 Å². The van der Waals surface area contributed by atoms with E-state index in [9.17, 15) is 4.79 Å². The first-order chi connectivity index (χ1) is 7.61. The summed E-state index contributed by atoms with van der Waals surface area (Å²) in [6, 6.07) is 0.196. The molecule has 1 unspecified atom stereocenters. The van der Waals surface area contributed by atoms with E-state index in [4.69, 9.17) is 0 Å². The van der Waals surface area contributed by atoms with Crippen LogP contribution in [-0.4, -0.2) is 33.3 Å². The molecule has 0 bridgehead atoms. The number of carbonyl (C=O) groups excluding carboxylic acids is 1. The second-order valence-corrected chi connectivity index (χ2v) is 3.77. The van der Waals surface area contributed by atoms with Crippen molar-refractivity contribution in [3.8, 4) is 0 Å². The molecule has 6 heteroatoms. The highest BCUT2D eigenvalue weighted by atomic mass is 16.1. The number of carbonyl (C=O) groups is 1. The Morgan fingerprint density at radius 3 is 2.94 bits per heavy atom. The number of rotatable bonds is 6. The summed E-state index contributed by atoms with van der Waals surface area (Å²) in [6.07, 6.45) is 2.09. The van der Waals surface area contributed by atoms with Crippen LogP contribution >= 0.6 is 0 Å². The lowest BCUT2D eigenvalue weighted by atomic mass is 10.2. The molecule has 1 amide bonds. The van der Waals surface area contributed by atoms with Crippen LogP contribution in [0, 0.1) is 0 Å². The molecule has 0 aromatic carbocycles. The minimum absolute atomic E-state index is 0.0147. The highest BCUT2D eigenvalue weighted by Gasteiger charge is 2.08. The van der Waals surface area contributed by atoms with Gasteiger partial charge in [0.25, 0.3) is 0 Å². The zero-order valence-corrected chi connectivity index (χ0v) is 10.0. The van der Waals surface area contributed by atoms with Crippen LogP contribution in [0.1, 0.15) is 26.1 Å². The molecule has 0 saturated heterocycles. The second kappa shape index (κ2) is 6.22. The lowest BCUT2D eigenvalue weighted by Gasteiger charge is -2.11. The molecule has 90 valence electrons. The van der Waals surface area contributed by atoms with Crippen LogP contribution in [0.5, 0.6) is 0 Å². The van der Waals surface area contributed by atoms with Gasteiger partial charge in [-0.2, -0.15) is 5.10 Å². The van der Waals surface area contributed by atoms with Gasteiger partial charge in [-0.3, -0.25) is 9.48 Å². The maximum atomic E-state index is 11.5. The van der Waals surface area contributed by atoms with E-state index in [0.29, 0.717) is 18.8 Å². The minimum Gasteiger partial charge on any atom is -0.349 e. The van der Waals surface area contributed by atoms with Crippen molar-refractivity contribution in [2.24, 2.45) is 7.05 Å². The zero-order chi connectivity index (χ0) is 12.0. The summed E-state index contributed by atoms with van der Waals surface area (Å²) in [5, 5.41) is 10.0. The number of amides is 1. The van der Waals surface area contributed by atoms with Crippen molar-refractivity contribution in [2.45, 2.75) is 32.9 Å². The lowest BCUT2D eigenvalue weighted by Crippen LogP contribution is -2.33. The van der Waals surface area contributed by atoms with Crippen molar-refractivity contribution in [3.05, 3.63) is 12.2 Å². The van der Waals surface area contributed by atoms with Crippen molar-refractivity contribution < 1.29 is 4.79 Å². The van der Waals surface area contributed by atoms with E-state index in [0.717, 1.165) is 6.54 Å². The Labute approximate surface area is 95.4 Å². The van der Waals surface area contributed by atoms with Gasteiger partial charge in [0.1, 0.15) is 6.33 Å². The first-order valence-electron chi connectivity index (χ1n) is 5.46. The van der Waals surface area contributed by atoms with Crippen LogP contribution < -0.4 is 10.6 Å². The molecule has 0 saturated carbocycles. The molecule has 2 N–H and O–H groups in total. The Hall–Kier alpha value is -1.43. The van der Waals surface area contributed by atoms with E-state index < -0.39 is 0 Å². The van der Waals surface area contributed by atoms with Gasteiger partial charge in [-0.1, -0.05) is 6.92 Å². The molecule has 1 aromatic rings. The molecular weight excluding hydrogens is 206 g/mol. The van der Waals surface area contributed by atoms with E-state index in [1.165, 1.54) is 0 Å². The number of nitrogens with zero attached hydrogens (tertiary/aromatic N) is 3. The summed E-state index contributed by atoms with van der Waals surface area (Å²) in [4.78, 5) is 15.5. The summed E-state index contributed by atoms with van der Waals surface area (Å²) in [5.74, 6) is 0.646. The van der Waals surface area contributed by atoms with Crippen LogP contribution in [0.25, 0.3) is 0 Å². The first kappa shape index (κ1) is 12.6. The normalized spacial score (nSPS) is 12.4. The van der Waals surface area contributed by atoms with Crippen LogP contribution in [0.3, 0.4) is 0 Å². The summed E-state index contributed by atoms with van der Waals surface area (Å²) in [6.45, 7) is 5.27. The van der Waals surface area contributed by atoms with Crippen LogP contribution in [0.4, 0.5) is 0 Å². The number of nitrogens with one attached hydrogen (secondary N) is 2. The number of aromatic nitrogens is 3. The smallest absolute Gasteiger partial charge is 0.221 e. The van der Waals surface area contributed by atoms with E-state index in [1.807, 2.05) is 13.8 Å². The molecule has 6 nitrogen and oxygen atoms in total. The summed E-state index contributed by atoms with van der Waals surface area (Å²) >= 11 is 0. The van der Waals surface area contributed by atoms with Gasteiger partial charge in [-0.05, 0) is 13.5 Å². The fourth-order valence-electron chi connectivity index (χ4n) is 1.41. The van der Waals surface area contributed by atoms with Crippen molar-refractivity contribution in [1.82, 2.24) is 25.4 Å². The van der Waals surface area contributed by atoms with Gasteiger partial charge in [-0.25, -0.2) is 4.98 Å². The van der Waals surface area contributed by atoms with Gasteiger partial charge in [0.15, 0.2) is 5.82 Å². The monoisotopic (exact) mass is 225 g/mol. The second-order valence-electron chi connectivity index (χ2n) is 3.77. The van der Waals surface area contributed by atoms with Gasteiger partial charge in [-0.15, -0.1) is 0 Å². The van der Waals surface area contributed by atoms with Crippen LogP contribution in [0.15, 0.2) is 6.33 Å². The van der Waals surface area contributed by atoms with Crippen molar-refractivity contribution in [2.75, 3.05) is 6.54 Å². The Morgan fingerprint density at radius 1 is 1.62 bits per heavy atom. The zero-order valence-electron chi connectivity index (χ0n) is 10.0. The van der Waals surface area contributed by atoms with Gasteiger partial charge in [0, 0.05) is 19.5 Å². The third-order valence-electron chi connectivity index (χ3n) is 2.13. The molecule has 1 atom stereocenters. The number of aryl methyl sites for hydroxylation is 1. The molecule has 16 heavy (non-hydrogen) atoms. The number of hydrogen-bond donors (Lipinski definition) is 2. The van der Waals surface area contributed by atoms with Gasteiger partial charge >= 0.3 is 0 Å². The number of hydrogen-bond acceptors (Lipinski definition) is 4. The SMILES string of the molecule is CCNC(C)CC(=O)NCc1ncn(C)n1. The largest absolute Gasteiger partial charge is 0.349 e. The highest BCUT2D eigenvalue weighted by molar-refractivity contribution is 5.76. The third kappa shape index (κ3) is 4.39. The summed E-state index contributed by atoms with van der Waals surface area (Å²) < 4.78 is 1.61. The predicted molar refractivity (Wildman–Crippen MR) is 60.6 cm³/mol.